The summed E-state index contributed by atoms with van der Waals surface area (Å²) in [4.78, 5) is 24.5. The van der Waals surface area contributed by atoms with Crippen molar-refractivity contribution >= 4 is 11.8 Å². The van der Waals surface area contributed by atoms with Gasteiger partial charge in [0.05, 0.1) is 5.69 Å². The summed E-state index contributed by atoms with van der Waals surface area (Å²) in [6, 6.07) is 6.20. The first-order valence-electron chi connectivity index (χ1n) is 9.58. The molecule has 0 spiro atoms. The van der Waals surface area contributed by atoms with Gasteiger partial charge in [0.15, 0.2) is 5.69 Å². The van der Waals surface area contributed by atoms with Crippen molar-refractivity contribution < 1.29 is 14.0 Å². The van der Waals surface area contributed by atoms with Crippen LogP contribution in [0.2, 0.25) is 0 Å². The fraction of sp³-hybridized carbons (Fsp3) is 0.429. The van der Waals surface area contributed by atoms with E-state index in [0.29, 0.717) is 29.3 Å². The second-order valence-electron chi connectivity index (χ2n) is 7.64. The van der Waals surface area contributed by atoms with Crippen molar-refractivity contribution in [3.05, 3.63) is 46.9 Å². The third kappa shape index (κ3) is 4.52. The number of rotatable bonds is 6. The van der Waals surface area contributed by atoms with Gasteiger partial charge in [-0.25, -0.2) is 4.39 Å². The summed E-state index contributed by atoms with van der Waals surface area (Å²) in [6.07, 6.45) is 3.02. The topological polar surface area (TPSA) is 84.0 Å². The van der Waals surface area contributed by atoms with Crippen molar-refractivity contribution in [2.75, 3.05) is 6.54 Å². The lowest BCUT2D eigenvalue weighted by atomic mass is 9.92. The van der Waals surface area contributed by atoms with Gasteiger partial charge in [-0.15, -0.1) is 10.2 Å². The molecular formula is C21H25FN4O2. The van der Waals surface area contributed by atoms with E-state index < -0.39 is 5.82 Å². The maximum atomic E-state index is 14.4. The van der Waals surface area contributed by atoms with Crippen LogP contribution in [-0.4, -0.2) is 34.6 Å². The molecule has 1 fully saturated rings. The molecule has 0 atom stereocenters. The van der Waals surface area contributed by atoms with Crippen molar-refractivity contribution in [1.82, 2.24) is 20.8 Å². The van der Waals surface area contributed by atoms with Crippen LogP contribution < -0.4 is 10.6 Å². The van der Waals surface area contributed by atoms with Gasteiger partial charge in [0.2, 0.25) is 0 Å². The van der Waals surface area contributed by atoms with Crippen LogP contribution in [0.5, 0.6) is 0 Å². The molecule has 0 bridgehead atoms. The first kappa shape index (κ1) is 19.9. The molecule has 2 N–H and O–H groups in total. The Morgan fingerprint density at radius 3 is 2.50 bits per heavy atom. The molecule has 2 amide bonds. The molecule has 3 rings (SSSR count). The summed E-state index contributed by atoms with van der Waals surface area (Å²) in [5, 5.41) is 13.7. The normalized spacial score (nSPS) is 13.9. The summed E-state index contributed by atoms with van der Waals surface area (Å²) >= 11 is 0. The first-order chi connectivity index (χ1) is 13.3. The van der Waals surface area contributed by atoms with E-state index >= 15 is 0 Å². The van der Waals surface area contributed by atoms with Gasteiger partial charge >= 0.3 is 0 Å². The van der Waals surface area contributed by atoms with Gasteiger partial charge in [-0.05, 0) is 61.9 Å². The maximum Gasteiger partial charge on any atom is 0.271 e. The summed E-state index contributed by atoms with van der Waals surface area (Å²) in [7, 11) is 0. The summed E-state index contributed by atoms with van der Waals surface area (Å²) in [6.45, 7) is 6.18. The quantitative estimate of drug-likeness (QED) is 0.801. The minimum atomic E-state index is -0.475. The first-order valence-corrected chi connectivity index (χ1v) is 9.58. The van der Waals surface area contributed by atoms with Crippen LogP contribution >= 0.6 is 0 Å². The molecule has 0 aliphatic heterocycles. The van der Waals surface area contributed by atoms with E-state index in [1.54, 1.807) is 25.1 Å². The minimum Gasteiger partial charge on any atom is -0.350 e. The number of benzene rings is 1. The minimum absolute atomic E-state index is 0.170. The van der Waals surface area contributed by atoms with Crippen molar-refractivity contribution in [2.45, 2.75) is 46.1 Å². The van der Waals surface area contributed by atoms with Gasteiger partial charge < -0.3 is 10.6 Å². The molecule has 1 heterocycles. The molecule has 6 nitrogen and oxygen atoms in total. The van der Waals surface area contributed by atoms with E-state index in [0.717, 1.165) is 19.3 Å². The van der Waals surface area contributed by atoms with E-state index in [4.69, 9.17) is 0 Å². The Morgan fingerprint density at radius 2 is 1.93 bits per heavy atom. The lowest BCUT2D eigenvalue weighted by molar-refractivity contribution is 0.0914. The number of nitrogens with one attached hydrogen (secondary N) is 2. The largest absolute Gasteiger partial charge is 0.350 e. The average Bonchev–Trinajstić information content (AvgIpc) is 2.64. The molecular weight excluding hydrogens is 359 g/mol. The van der Waals surface area contributed by atoms with Crippen LogP contribution in [0.1, 0.15) is 59.5 Å². The van der Waals surface area contributed by atoms with Gasteiger partial charge in [-0.2, -0.15) is 0 Å². The lowest BCUT2D eigenvalue weighted by Gasteiger charge is -2.26. The standard InChI is InChI=1S/C21H25FN4O2/c1-12(2)11-23-21(28)19-8-7-18(25-26-19)16-9-14(10-17(22)13(16)3)20(27)24-15-5-4-6-15/h7-10,12,15H,4-6,11H2,1-3H3,(H,23,28)(H,24,27). The Labute approximate surface area is 163 Å². The van der Waals surface area contributed by atoms with E-state index in [-0.39, 0.29) is 29.1 Å². The predicted molar refractivity (Wildman–Crippen MR) is 104 cm³/mol. The summed E-state index contributed by atoms with van der Waals surface area (Å²) < 4.78 is 14.4. The van der Waals surface area contributed by atoms with Gasteiger partial charge in [-0.3, -0.25) is 9.59 Å². The van der Waals surface area contributed by atoms with Crippen molar-refractivity contribution in [1.29, 1.82) is 0 Å². The number of aromatic nitrogens is 2. The van der Waals surface area contributed by atoms with Crippen molar-refractivity contribution in [2.24, 2.45) is 5.92 Å². The molecule has 7 heteroatoms. The summed E-state index contributed by atoms with van der Waals surface area (Å²) in [5.41, 5.74) is 1.73. The van der Waals surface area contributed by atoms with Gasteiger partial charge in [-0.1, -0.05) is 13.8 Å². The molecule has 1 aromatic heterocycles. The monoisotopic (exact) mass is 384 g/mol. The molecule has 0 unspecified atom stereocenters. The Kier molecular flexibility index (Phi) is 6.02. The predicted octanol–water partition coefficient (Wildman–Crippen LogP) is 3.26. The number of carbonyl (C=O) groups is 2. The molecule has 1 aromatic carbocycles. The number of hydrogen-bond acceptors (Lipinski definition) is 4. The number of carbonyl (C=O) groups excluding carboxylic acids is 2. The van der Waals surface area contributed by atoms with Crippen LogP contribution in [0.4, 0.5) is 4.39 Å². The third-order valence-electron chi connectivity index (χ3n) is 4.89. The zero-order valence-electron chi connectivity index (χ0n) is 16.4. The smallest absolute Gasteiger partial charge is 0.271 e. The van der Waals surface area contributed by atoms with E-state index in [9.17, 15) is 14.0 Å². The number of halogens is 1. The third-order valence-corrected chi connectivity index (χ3v) is 4.89. The highest BCUT2D eigenvalue weighted by Gasteiger charge is 2.22. The van der Waals surface area contributed by atoms with Crippen molar-refractivity contribution in [3.8, 4) is 11.3 Å². The Balaban J connectivity index is 1.81. The molecule has 2 aromatic rings. The molecule has 148 valence electrons. The molecule has 0 radical (unpaired) electrons. The van der Waals surface area contributed by atoms with Crippen LogP contribution in [0.25, 0.3) is 11.3 Å². The van der Waals surface area contributed by atoms with Gasteiger partial charge in [0, 0.05) is 23.7 Å². The fourth-order valence-corrected chi connectivity index (χ4v) is 2.88. The highest BCUT2D eigenvalue weighted by Crippen LogP contribution is 2.26. The molecule has 0 saturated heterocycles. The van der Waals surface area contributed by atoms with Crippen LogP contribution in [0, 0.1) is 18.7 Å². The maximum absolute atomic E-state index is 14.4. The number of amides is 2. The Morgan fingerprint density at radius 1 is 1.18 bits per heavy atom. The fourth-order valence-electron chi connectivity index (χ4n) is 2.88. The lowest BCUT2D eigenvalue weighted by Crippen LogP contribution is -2.39. The van der Waals surface area contributed by atoms with Gasteiger partial charge in [0.1, 0.15) is 5.82 Å². The van der Waals surface area contributed by atoms with Gasteiger partial charge in [0.25, 0.3) is 11.8 Å². The number of hydrogen-bond donors (Lipinski definition) is 2. The zero-order chi connectivity index (χ0) is 20.3. The van der Waals surface area contributed by atoms with E-state index in [1.165, 1.54) is 6.07 Å². The molecule has 1 aliphatic rings. The van der Waals surface area contributed by atoms with Crippen LogP contribution in [0.15, 0.2) is 24.3 Å². The van der Waals surface area contributed by atoms with E-state index in [1.807, 2.05) is 13.8 Å². The zero-order valence-corrected chi connectivity index (χ0v) is 16.4. The highest BCUT2D eigenvalue weighted by atomic mass is 19.1. The Bertz CT molecular complexity index is 877. The Hall–Kier alpha value is -2.83. The van der Waals surface area contributed by atoms with E-state index in [2.05, 4.69) is 20.8 Å². The molecule has 28 heavy (non-hydrogen) atoms. The molecule has 1 aliphatic carbocycles. The second-order valence-corrected chi connectivity index (χ2v) is 7.64. The van der Waals surface area contributed by atoms with Crippen LogP contribution in [-0.2, 0) is 0 Å². The second kappa shape index (κ2) is 8.46. The van der Waals surface area contributed by atoms with Crippen LogP contribution in [0.3, 0.4) is 0 Å². The number of nitrogens with zero attached hydrogens (tertiary/aromatic N) is 2. The SMILES string of the molecule is Cc1c(F)cc(C(=O)NC2CCC2)cc1-c1ccc(C(=O)NCC(C)C)nn1. The summed E-state index contributed by atoms with van der Waals surface area (Å²) in [5.74, 6) is -0.737. The molecule has 1 saturated carbocycles. The highest BCUT2D eigenvalue weighted by molar-refractivity contribution is 5.96. The average molecular weight is 384 g/mol. The van der Waals surface area contributed by atoms with Crippen molar-refractivity contribution in [3.63, 3.8) is 0 Å².